The number of H-pyrrole nitrogens is 1. The quantitative estimate of drug-likeness (QED) is 0.431. The summed E-state index contributed by atoms with van der Waals surface area (Å²) in [5.41, 5.74) is 3.79. The van der Waals surface area contributed by atoms with Gasteiger partial charge in [-0.1, -0.05) is 13.8 Å². The summed E-state index contributed by atoms with van der Waals surface area (Å²) >= 11 is 0. The predicted octanol–water partition coefficient (Wildman–Crippen LogP) is 5.66. The second kappa shape index (κ2) is 7.12. The first kappa shape index (κ1) is 20.6. The number of fused-ring (bicyclic) bond motifs is 2. The Bertz CT molecular complexity index is 1370. The van der Waals surface area contributed by atoms with E-state index in [1.807, 2.05) is 24.5 Å². The third-order valence-electron chi connectivity index (χ3n) is 6.79. The van der Waals surface area contributed by atoms with Crippen molar-refractivity contribution in [1.82, 2.24) is 19.7 Å². The van der Waals surface area contributed by atoms with Gasteiger partial charge in [0.25, 0.3) is 0 Å². The van der Waals surface area contributed by atoms with E-state index in [0.29, 0.717) is 24.2 Å². The minimum atomic E-state index is -0.919. The molecule has 1 fully saturated rings. The van der Waals surface area contributed by atoms with E-state index in [1.165, 1.54) is 6.07 Å². The number of carboxylic acids is 1. The standard InChI is InChI=1S/C24H24F2N4O2/c1-12(2)21-19(13-6-7-24(3,10-13)23(31)32)20-18(8-14-11-27-29-22(14)28-20)30(21)15-4-5-16(25)17(26)9-15/h4-5,8-9,11-13H,6-7,10H2,1-3H3,(H,31,32)(H,27,28,29)/t13-,24-/m1/s1. The molecule has 3 aromatic heterocycles. The highest BCUT2D eigenvalue weighted by molar-refractivity contribution is 5.94. The number of carboxylic acid groups (broad SMARTS) is 1. The molecule has 0 saturated heterocycles. The van der Waals surface area contributed by atoms with Crippen molar-refractivity contribution < 1.29 is 18.7 Å². The summed E-state index contributed by atoms with van der Waals surface area (Å²) in [5, 5.41) is 17.6. The molecule has 2 N–H and O–H groups in total. The fraction of sp³-hybridized carbons (Fsp3) is 0.375. The van der Waals surface area contributed by atoms with Gasteiger partial charge in [0.15, 0.2) is 17.3 Å². The largest absolute Gasteiger partial charge is 0.481 e. The second-order valence-electron chi connectivity index (χ2n) is 9.36. The summed E-state index contributed by atoms with van der Waals surface area (Å²) in [4.78, 5) is 16.8. The lowest BCUT2D eigenvalue weighted by atomic mass is 9.85. The van der Waals surface area contributed by atoms with Crippen molar-refractivity contribution in [2.75, 3.05) is 0 Å². The van der Waals surface area contributed by atoms with E-state index in [4.69, 9.17) is 4.98 Å². The van der Waals surface area contributed by atoms with Crippen LogP contribution in [0.3, 0.4) is 0 Å². The summed E-state index contributed by atoms with van der Waals surface area (Å²) < 4.78 is 29.9. The van der Waals surface area contributed by atoms with Crippen LogP contribution in [0, 0.1) is 17.0 Å². The van der Waals surface area contributed by atoms with Gasteiger partial charge in [-0.05, 0) is 56.2 Å². The molecule has 0 radical (unpaired) electrons. The van der Waals surface area contributed by atoms with Crippen molar-refractivity contribution in [3.8, 4) is 5.69 Å². The van der Waals surface area contributed by atoms with Crippen LogP contribution in [0.1, 0.15) is 63.1 Å². The third kappa shape index (κ3) is 3.00. The van der Waals surface area contributed by atoms with Crippen LogP contribution in [-0.4, -0.2) is 30.8 Å². The number of nitrogens with one attached hydrogen (secondary N) is 1. The minimum Gasteiger partial charge on any atom is -0.481 e. The zero-order valence-corrected chi connectivity index (χ0v) is 18.1. The Kier molecular flexibility index (Phi) is 4.58. The number of aromatic nitrogens is 4. The van der Waals surface area contributed by atoms with E-state index in [2.05, 4.69) is 10.2 Å². The lowest BCUT2D eigenvalue weighted by Crippen LogP contribution is -2.23. The highest BCUT2D eigenvalue weighted by Gasteiger charge is 2.44. The minimum absolute atomic E-state index is 0.00424. The number of aliphatic carboxylic acids is 1. The molecule has 8 heteroatoms. The monoisotopic (exact) mass is 438 g/mol. The molecule has 0 unspecified atom stereocenters. The van der Waals surface area contributed by atoms with Crippen LogP contribution in [0.4, 0.5) is 8.78 Å². The van der Waals surface area contributed by atoms with Crippen molar-refractivity contribution in [3.63, 3.8) is 0 Å². The Hall–Kier alpha value is -3.29. The fourth-order valence-electron chi connectivity index (χ4n) is 5.16. The van der Waals surface area contributed by atoms with Crippen molar-refractivity contribution in [1.29, 1.82) is 0 Å². The van der Waals surface area contributed by atoms with E-state index in [0.717, 1.165) is 40.2 Å². The van der Waals surface area contributed by atoms with Crippen LogP contribution in [0.25, 0.3) is 27.8 Å². The second-order valence-corrected chi connectivity index (χ2v) is 9.36. The van der Waals surface area contributed by atoms with E-state index in [-0.39, 0.29) is 11.8 Å². The summed E-state index contributed by atoms with van der Waals surface area (Å²) in [6, 6.07) is 5.83. The van der Waals surface area contributed by atoms with Crippen molar-refractivity contribution in [2.24, 2.45) is 5.41 Å². The van der Waals surface area contributed by atoms with Crippen LogP contribution in [0.5, 0.6) is 0 Å². The Labute approximate surface area is 183 Å². The van der Waals surface area contributed by atoms with Crippen LogP contribution in [0.2, 0.25) is 0 Å². The van der Waals surface area contributed by atoms with E-state index in [1.54, 1.807) is 19.2 Å². The topological polar surface area (TPSA) is 83.8 Å². The van der Waals surface area contributed by atoms with Crippen molar-refractivity contribution in [3.05, 3.63) is 53.4 Å². The van der Waals surface area contributed by atoms with Crippen molar-refractivity contribution >= 4 is 28.0 Å². The Balaban J connectivity index is 1.84. The average Bonchev–Trinajstić information content (AvgIpc) is 3.43. The zero-order valence-electron chi connectivity index (χ0n) is 18.1. The maximum absolute atomic E-state index is 14.2. The molecular weight excluding hydrogens is 414 g/mol. The normalized spacial score (nSPS) is 21.2. The smallest absolute Gasteiger partial charge is 0.309 e. The molecule has 1 aliphatic rings. The number of halogens is 2. The van der Waals surface area contributed by atoms with Crippen LogP contribution in [0.15, 0.2) is 30.5 Å². The van der Waals surface area contributed by atoms with Gasteiger partial charge in [0.1, 0.15) is 0 Å². The van der Waals surface area contributed by atoms with Crippen LogP contribution < -0.4 is 0 Å². The van der Waals surface area contributed by atoms with Gasteiger partial charge in [-0.3, -0.25) is 9.89 Å². The summed E-state index contributed by atoms with van der Waals surface area (Å²) in [6.45, 7) is 5.89. The van der Waals surface area contributed by atoms with Gasteiger partial charge < -0.3 is 9.67 Å². The maximum Gasteiger partial charge on any atom is 0.309 e. The number of rotatable bonds is 4. The van der Waals surface area contributed by atoms with Gasteiger partial charge in [0, 0.05) is 28.4 Å². The lowest BCUT2D eigenvalue weighted by molar-refractivity contribution is -0.147. The fourth-order valence-corrected chi connectivity index (χ4v) is 5.16. The number of hydrogen-bond acceptors (Lipinski definition) is 3. The zero-order chi connectivity index (χ0) is 22.8. The van der Waals surface area contributed by atoms with Gasteiger partial charge in [0.05, 0.1) is 22.6 Å². The number of nitrogens with zero attached hydrogens (tertiary/aromatic N) is 3. The molecular formula is C24H24F2N4O2. The molecule has 2 atom stereocenters. The Morgan fingerprint density at radius 3 is 2.72 bits per heavy atom. The molecule has 5 rings (SSSR count). The predicted molar refractivity (Wildman–Crippen MR) is 117 cm³/mol. The SMILES string of the molecule is CC(C)c1c([C@@H]2CC[C@@](C)(C(=O)O)C2)c2nc3[nH]ncc3cc2n1-c1ccc(F)c(F)c1. The molecule has 1 aliphatic carbocycles. The molecule has 1 aromatic carbocycles. The third-order valence-corrected chi connectivity index (χ3v) is 6.79. The highest BCUT2D eigenvalue weighted by Crippen LogP contribution is 2.51. The molecule has 0 aliphatic heterocycles. The van der Waals surface area contributed by atoms with Crippen LogP contribution in [-0.2, 0) is 4.79 Å². The van der Waals surface area contributed by atoms with Gasteiger partial charge in [-0.25, -0.2) is 13.8 Å². The Morgan fingerprint density at radius 1 is 1.28 bits per heavy atom. The molecule has 0 amide bonds. The average molecular weight is 438 g/mol. The van der Waals surface area contributed by atoms with E-state index >= 15 is 0 Å². The first-order valence-electron chi connectivity index (χ1n) is 10.8. The van der Waals surface area contributed by atoms with Gasteiger partial charge >= 0.3 is 5.97 Å². The van der Waals surface area contributed by atoms with E-state index in [9.17, 15) is 18.7 Å². The number of benzene rings is 1. The molecule has 3 heterocycles. The van der Waals surface area contributed by atoms with Crippen molar-refractivity contribution in [2.45, 2.75) is 51.9 Å². The summed E-state index contributed by atoms with van der Waals surface area (Å²) in [5.74, 6) is -2.58. The number of aromatic amines is 1. The van der Waals surface area contributed by atoms with Gasteiger partial charge in [-0.15, -0.1) is 0 Å². The van der Waals surface area contributed by atoms with Crippen LogP contribution >= 0.6 is 0 Å². The Morgan fingerprint density at radius 2 is 2.06 bits per heavy atom. The maximum atomic E-state index is 14.2. The summed E-state index contributed by atoms with van der Waals surface area (Å²) in [6.07, 6.45) is 3.48. The first-order chi connectivity index (χ1) is 15.2. The number of pyridine rings is 1. The van der Waals surface area contributed by atoms with Gasteiger partial charge in [0.2, 0.25) is 0 Å². The highest BCUT2D eigenvalue weighted by atomic mass is 19.2. The van der Waals surface area contributed by atoms with E-state index < -0.39 is 23.0 Å². The lowest BCUT2D eigenvalue weighted by Gasteiger charge is -2.20. The molecule has 0 bridgehead atoms. The number of carbonyl (C=O) groups is 1. The molecule has 4 aromatic rings. The molecule has 166 valence electrons. The molecule has 32 heavy (non-hydrogen) atoms. The summed E-state index contributed by atoms with van der Waals surface area (Å²) in [7, 11) is 0. The number of hydrogen-bond donors (Lipinski definition) is 2. The first-order valence-corrected chi connectivity index (χ1v) is 10.8. The van der Waals surface area contributed by atoms with Gasteiger partial charge in [-0.2, -0.15) is 5.10 Å². The molecule has 6 nitrogen and oxygen atoms in total. The molecule has 1 saturated carbocycles. The molecule has 0 spiro atoms.